The Bertz CT molecular complexity index is 500. The summed E-state index contributed by atoms with van der Waals surface area (Å²) >= 11 is 0. The number of phosphoric acid groups is 1. The van der Waals surface area contributed by atoms with Gasteiger partial charge in [-0.1, -0.05) is 13.2 Å². The molecule has 25 heavy (non-hydrogen) atoms. The van der Waals surface area contributed by atoms with Gasteiger partial charge in [-0.15, -0.1) is 0 Å². The van der Waals surface area contributed by atoms with Crippen LogP contribution in [-0.2, 0) is 32.7 Å². The lowest BCUT2D eigenvalue weighted by Crippen LogP contribution is -2.20. The molecular weight excluding hydrogens is 359 g/mol. The van der Waals surface area contributed by atoms with Crippen molar-refractivity contribution in [2.75, 3.05) is 13.2 Å². The molecule has 2 unspecified atom stereocenters. The molecule has 3 N–H and O–H groups in total. The van der Waals surface area contributed by atoms with Crippen LogP contribution in [0.25, 0.3) is 0 Å². The number of carbonyl (C=O) groups excluding carboxylic acids is 2. The third-order valence-electron chi connectivity index (χ3n) is 2.42. The fourth-order valence-corrected chi connectivity index (χ4v) is 1.89. The summed E-state index contributed by atoms with van der Waals surface area (Å²) in [5.74, 6) is -1.62. The molecule has 0 bridgehead atoms. The average Bonchev–Trinajstić information content (AvgIpc) is 2.46. The van der Waals surface area contributed by atoms with E-state index < -0.39 is 45.6 Å². The topological polar surface area (TPSA) is 149 Å². The number of esters is 2. The monoisotopic (exact) mass is 382 g/mol. The van der Waals surface area contributed by atoms with Crippen molar-refractivity contribution in [3.8, 4) is 0 Å². The number of aliphatic hydroxyl groups excluding tert-OH is 2. The Morgan fingerprint density at radius 1 is 0.920 bits per heavy atom. The van der Waals surface area contributed by atoms with Crippen LogP contribution in [-0.4, -0.2) is 52.8 Å². The van der Waals surface area contributed by atoms with E-state index in [0.29, 0.717) is 0 Å². The zero-order chi connectivity index (χ0) is 19.6. The standard InChI is InChI=1S/C14H23O10P/c1-9(2)13(17)23-11(15)5-7-21-25(19,20)22-8-6-12(16)24-14(18)10(3)4/h11-12,15-16H,1,3,5-8H2,2,4H3,(H,19,20). The molecule has 0 radical (unpaired) electrons. The smallest absolute Gasteiger partial charge is 0.433 e. The molecular formula is C14H23O10P. The van der Waals surface area contributed by atoms with Crippen LogP contribution in [0.1, 0.15) is 26.7 Å². The molecule has 0 aromatic rings. The summed E-state index contributed by atoms with van der Waals surface area (Å²) in [4.78, 5) is 31.6. The van der Waals surface area contributed by atoms with Gasteiger partial charge in [-0.25, -0.2) is 14.2 Å². The SMILES string of the molecule is C=C(C)C(=O)OC(O)CCOP(=O)(O)OCCC(O)OC(=O)C(=C)C. The first-order chi connectivity index (χ1) is 11.4. The summed E-state index contributed by atoms with van der Waals surface area (Å²) in [7, 11) is -4.45. The van der Waals surface area contributed by atoms with Gasteiger partial charge in [-0.2, -0.15) is 0 Å². The molecule has 0 heterocycles. The Morgan fingerprint density at radius 2 is 1.24 bits per heavy atom. The first-order valence-electron chi connectivity index (χ1n) is 7.15. The Morgan fingerprint density at radius 3 is 1.52 bits per heavy atom. The Labute approximate surface area is 145 Å². The maximum absolute atomic E-state index is 11.5. The van der Waals surface area contributed by atoms with Crippen LogP contribution in [0, 0.1) is 0 Å². The molecule has 0 aromatic carbocycles. The van der Waals surface area contributed by atoms with E-state index in [-0.39, 0.29) is 24.0 Å². The summed E-state index contributed by atoms with van der Waals surface area (Å²) in [6.07, 6.45) is -3.61. The fourth-order valence-electron chi connectivity index (χ4n) is 1.14. The van der Waals surface area contributed by atoms with E-state index in [1.807, 2.05) is 0 Å². The number of phosphoric ester groups is 1. The minimum Gasteiger partial charge on any atom is -0.433 e. The second-order valence-electron chi connectivity index (χ2n) is 4.99. The molecule has 2 atom stereocenters. The number of ether oxygens (including phenoxy) is 2. The minimum absolute atomic E-state index is 0.0852. The van der Waals surface area contributed by atoms with Crippen molar-refractivity contribution in [3.63, 3.8) is 0 Å². The lowest BCUT2D eigenvalue weighted by Gasteiger charge is -2.16. The van der Waals surface area contributed by atoms with Gasteiger partial charge in [0.05, 0.1) is 13.2 Å². The predicted octanol–water partition coefficient (Wildman–Crippen LogP) is 0.776. The molecule has 0 aliphatic rings. The van der Waals surface area contributed by atoms with Crippen molar-refractivity contribution >= 4 is 19.8 Å². The highest BCUT2D eigenvalue weighted by Crippen LogP contribution is 2.43. The van der Waals surface area contributed by atoms with E-state index in [1.54, 1.807) is 0 Å². The van der Waals surface area contributed by atoms with Crippen molar-refractivity contribution in [1.29, 1.82) is 0 Å². The molecule has 144 valence electrons. The van der Waals surface area contributed by atoms with Crippen molar-refractivity contribution in [3.05, 3.63) is 24.3 Å². The summed E-state index contributed by atoms with van der Waals surface area (Å²) in [5.41, 5.74) is 0.170. The van der Waals surface area contributed by atoms with Crippen LogP contribution in [0.15, 0.2) is 24.3 Å². The molecule has 0 fully saturated rings. The van der Waals surface area contributed by atoms with Gasteiger partial charge in [-0.05, 0) is 13.8 Å². The fraction of sp³-hybridized carbons (Fsp3) is 0.571. The summed E-state index contributed by atoms with van der Waals surface area (Å²) in [5, 5.41) is 18.8. The van der Waals surface area contributed by atoms with Crippen LogP contribution >= 0.6 is 7.82 Å². The summed E-state index contributed by atoms with van der Waals surface area (Å²) < 4.78 is 29.7. The molecule has 11 heteroatoms. The van der Waals surface area contributed by atoms with E-state index in [0.717, 1.165) is 0 Å². The summed E-state index contributed by atoms with van der Waals surface area (Å²) in [6, 6.07) is 0. The Balaban J connectivity index is 4.03. The highest BCUT2D eigenvalue weighted by atomic mass is 31.2. The summed E-state index contributed by atoms with van der Waals surface area (Å²) in [6.45, 7) is 8.56. The number of hydrogen-bond acceptors (Lipinski definition) is 9. The molecule has 0 rings (SSSR count). The van der Waals surface area contributed by atoms with E-state index in [4.69, 9.17) is 0 Å². The molecule has 0 aromatic heterocycles. The van der Waals surface area contributed by atoms with Gasteiger partial charge < -0.3 is 24.6 Å². The first kappa shape index (κ1) is 23.4. The molecule has 0 saturated carbocycles. The van der Waals surface area contributed by atoms with Crippen LogP contribution in [0.5, 0.6) is 0 Å². The Kier molecular flexibility index (Phi) is 10.4. The average molecular weight is 382 g/mol. The molecule has 0 aliphatic carbocycles. The third kappa shape index (κ3) is 11.6. The van der Waals surface area contributed by atoms with E-state index >= 15 is 0 Å². The van der Waals surface area contributed by atoms with Crippen molar-refractivity contribution < 1.29 is 47.8 Å². The van der Waals surface area contributed by atoms with Gasteiger partial charge in [-0.3, -0.25) is 9.05 Å². The number of rotatable bonds is 12. The van der Waals surface area contributed by atoms with Crippen LogP contribution in [0.3, 0.4) is 0 Å². The van der Waals surface area contributed by atoms with Crippen molar-refractivity contribution in [1.82, 2.24) is 0 Å². The van der Waals surface area contributed by atoms with Gasteiger partial charge >= 0.3 is 19.8 Å². The normalized spacial score (nSPS) is 15.6. The highest BCUT2D eigenvalue weighted by molar-refractivity contribution is 7.47. The van der Waals surface area contributed by atoms with Gasteiger partial charge in [0.2, 0.25) is 12.6 Å². The molecule has 0 amide bonds. The van der Waals surface area contributed by atoms with Crippen molar-refractivity contribution in [2.24, 2.45) is 0 Å². The van der Waals surface area contributed by atoms with Crippen LogP contribution in [0.2, 0.25) is 0 Å². The van der Waals surface area contributed by atoms with Crippen molar-refractivity contribution in [2.45, 2.75) is 39.3 Å². The number of carbonyl (C=O) groups is 2. The maximum atomic E-state index is 11.5. The van der Waals surface area contributed by atoms with Gasteiger partial charge in [0.15, 0.2) is 0 Å². The number of aliphatic hydroxyl groups is 2. The second kappa shape index (κ2) is 11.1. The van der Waals surface area contributed by atoms with Gasteiger partial charge in [0.1, 0.15) is 0 Å². The number of hydrogen-bond donors (Lipinski definition) is 3. The quantitative estimate of drug-likeness (QED) is 0.191. The van der Waals surface area contributed by atoms with Gasteiger partial charge in [0, 0.05) is 24.0 Å². The lowest BCUT2D eigenvalue weighted by molar-refractivity contribution is -0.165. The van der Waals surface area contributed by atoms with Crippen LogP contribution < -0.4 is 0 Å². The van der Waals surface area contributed by atoms with E-state index in [2.05, 4.69) is 31.7 Å². The maximum Gasteiger partial charge on any atom is 0.472 e. The first-order valence-corrected chi connectivity index (χ1v) is 8.65. The van der Waals surface area contributed by atoms with E-state index in [9.17, 15) is 29.3 Å². The lowest BCUT2D eigenvalue weighted by atomic mass is 10.3. The molecule has 0 aliphatic heterocycles. The second-order valence-corrected chi connectivity index (χ2v) is 6.45. The largest absolute Gasteiger partial charge is 0.472 e. The zero-order valence-electron chi connectivity index (χ0n) is 14.0. The van der Waals surface area contributed by atoms with E-state index in [1.165, 1.54) is 13.8 Å². The molecule has 0 saturated heterocycles. The molecule has 0 spiro atoms. The molecule has 10 nitrogen and oxygen atoms in total. The van der Waals surface area contributed by atoms with Gasteiger partial charge in [0.25, 0.3) is 0 Å². The highest BCUT2D eigenvalue weighted by Gasteiger charge is 2.23. The van der Waals surface area contributed by atoms with Crippen LogP contribution in [0.4, 0.5) is 0 Å². The Hall–Kier alpha value is -1.55. The zero-order valence-corrected chi connectivity index (χ0v) is 14.9. The third-order valence-corrected chi connectivity index (χ3v) is 3.44. The minimum atomic E-state index is -4.45. The predicted molar refractivity (Wildman–Crippen MR) is 84.8 cm³/mol.